The van der Waals surface area contributed by atoms with Gasteiger partial charge in [0.05, 0.1) is 17.0 Å². The smallest absolute Gasteiger partial charge is 0.254 e. The van der Waals surface area contributed by atoms with Crippen molar-refractivity contribution in [2.75, 3.05) is 33.4 Å². The molecule has 0 unspecified atom stereocenters. The Morgan fingerprint density at radius 2 is 2.30 bits per heavy atom. The Morgan fingerprint density at radius 3 is 2.90 bits per heavy atom. The molecule has 0 saturated heterocycles. The second-order valence-electron chi connectivity index (χ2n) is 4.80. The molecule has 1 heterocycles. The Bertz CT molecular complexity index is 485. The van der Waals surface area contributed by atoms with Crippen molar-refractivity contribution in [2.45, 2.75) is 13.8 Å². The summed E-state index contributed by atoms with van der Waals surface area (Å²) < 4.78 is 5.06. The lowest BCUT2D eigenvalue weighted by Gasteiger charge is -2.23. The summed E-state index contributed by atoms with van der Waals surface area (Å²) in [6.07, 6.45) is 0. The zero-order valence-corrected chi connectivity index (χ0v) is 13.0. The molecule has 110 valence electrons. The first kappa shape index (κ1) is 16.7. The van der Waals surface area contributed by atoms with Crippen LogP contribution in [0, 0.1) is 17.8 Å². The van der Waals surface area contributed by atoms with E-state index in [0.717, 1.165) is 4.88 Å². The number of rotatable bonds is 6. The van der Waals surface area contributed by atoms with Gasteiger partial charge in [-0.25, -0.2) is 0 Å². The number of nitrogens with zero attached hydrogens (tertiary/aromatic N) is 1. The van der Waals surface area contributed by atoms with Crippen LogP contribution in [0.4, 0.5) is 0 Å². The number of hydrogen-bond acceptors (Lipinski definition) is 4. The lowest BCUT2D eigenvalue weighted by molar-refractivity contribution is 0.0673. The second kappa shape index (κ2) is 8.75. The molecule has 0 fully saturated rings. The number of ether oxygens (including phenoxy) is 1. The van der Waals surface area contributed by atoms with Crippen LogP contribution in [-0.4, -0.2) is 49.3 Å². The van der Waals surface area contributed by atoms with Crippen LogP contribution < -0.4 is 0 Å². The molecular weight excluding hydrogens is 274 g/mol. The average Bonchev–Trinajstić information content (AvgIpc) is 2.88. The highest BCUT2D eigenvalue weighted by Gasteiger charge is 2.17. The summed E-state index contributed by atoms with van der Waals surface area (Å²) in [7, 11) is 1.63. The number of carbonyl (C=O) groups is 1. The van der Waals surface area contributed by atoms with Crippen molar-refractivity contribution in [2.24, 2.45) is 5.92 Å². The number of aliphatic hydroxyl groups is 1. The van der Waals surface area contributed by atoms with Crippen LogP contribution in [0.1, 0.15) is 29.1 Å². The summed E-state index contributed by atoms with van der Waals surface area (Å²) in [6, 6.07) is 1.77. The van der Waals surface area contributed by atoms with Crippen LogP contribution in [0.3, 0.4) is 0 Å². The maximum atomic E-state index is 12.5. The Kier molecular flexibility index (Phi) is 7.31. The van der Waals surface area contributed by atoms with Crippen LogP contribution in [-0.2, 0) is 4.74 Å². The van der Waals surface area contributed by atoms with Gasteiger partial charge in [-0.05, 0) is 12.0 Å². The van der Waals surface area contributed by atoms with Gasteiger partial charge in [-0.1, -0.05) is 25.7 Å². The topological polar surface area (TPSA) is 49.8 Å². The molecule has 0 spiro atoms. The molecule has 0 bridgehead atoms. The summed E-state index contributed by atoms with van der Waals surface area (Å²) in [6.45, 7) is 5.81. The van der Waals surface area contributed by atoms with Crippen molar-refractivity contribution in [3.05, 3.63) is 21.9 Å². The normalized spacial score (nSPS) is 10.2. The molecule has 20 heavy (non-hydrogen) atoms. The summed E-state index contributed by atoms with van der Waals surface area (Å²) in [5.74, 6) is 5.81. The summed E-state index contributed by atoms with van der Waals surface area (Å²) in [5.41, 5.74) is 0.647. The Hall–Kier alpha value is -1.35. The molecule has 0 aliphatic heterocycles. The summed E-state index contributed by atoms with van der Waals surface area (Å²) in [4.78, 5) is 15.0. The fourth-order valence-electron chi connectivity index (χ4n) is 1.74. The first-order valence-corrected chi connectivity index (χ1v) is 7.43. The molecule has 4 nitrogen and oxygen atoms in total. The number of aliphatic hydroxyl groups excluding tert-OH is 1. The van der Waals surface area contributed by atoms with Crippen LogP contribution in [0.2, 0.25) is 0 Å². The van der Waals surface area contributed by atoms with E-state index in [0.29, 0.717) is 31.2 Å². The highest BCUT2D eigenvalue weighted by Crippen LogP contribution is 2.16. The lowest BCUT2D eigenvalue weighted by Crippen LogP contribution is -2.36. The van der Waals surface area contributed by atoms with Crippen LogP contribution >= 0.6 is 11.3 Å². The Balaban J connectivity index is 2.79. The van der Waals surface area contributed by atoms with Gasteiger partial charge in [0, 0.05) is 25.6 Å². The van der Waals surface area contributed by atoms with Gasteiger partial charge in [0.2, 0.25) is 0 Å². The highest BCUT2D eigenvalue weighted by atomic mass is 32.1. The summed E-state index contributed by atoms with van der Waals surface area (Å²) >= 11 is 1.41. The third-order valence-electron chi connectivity index (χ3n) is 2.58. The predicted octanol–water partition coefficient (Wildman–Crippen LogP) is 1.84. The monoisotopic (exact) mass is 295 g/mol. The number of hydrogen-bond donors (Lipinski definition) is 1. The third-order valence-corrected chi connectivity index (χ3v) is 3.42. The Morgan fingerprint density at radius 1 is 1.55 bits per heavy atom. The number of thiophene rings is 1. The maximum absolute atomic E-state index is 12.5. The van der Waals surface area contributed by atoms with E-state index in [9.17, 15) is 4.79 Å². The molecule has 0 aliphatic carbocycles. The fourth-order valence-corrected chi connectivity index (χ4v) is 2.49. The Labute approximate surface area is 124 Å². The van der Waals surface area contributed by atoms with Crippen molar-refractivity contribution >= 4 is 17.2 Å². The van der Waals surface area contributed by atoms with Crippen molar-refractivity contribution in [1.29, 1.82) is 0 Å². The molecule has 0 aromatic carbocycles. The van der Waals surface area contributed by atoms with E-state index < -0.39 is 0 Å². The molecule has 1 amide bonds. The zero-order valence-electron chi connectivity index (χ0n) is 12.2. The molecule has 0 radical (unpaired) electrons. The van der Waals surface area contributed by atoms with Crippen molar-refractivity contribution in [3.63, 3.8) is 0 Å². The number of carbonyl (C=O) groups excluding carboxylic acids is 1. The van der Waals surface area contributed by atoms with E-state index in [2.05, 4.69) is 25.7 Å². The predicted molar refractivity (Wildman–Crippen MR) is 80.9 cm³/mol. The third kappa shape index (κ3) is 5.33. The molecule has 0 saturated carbocycles. The van der Waals surface area contributed by atoms with Crippen molar-refractivity contribution in [1.82, 2.24) is 4.90 Å². The minimum absolute atomic E-state index is 0.00375. The molecule has 1 rings (SSSR count). The molecule has 1 aromatic rings. The van der Waals surface area contributed by atoms with Gasteiger partial charge < -0.3 is 14.7 Å². The minimum Gasteiger partial charge on any atom is -0.384 e. The van der Waals surface area contributed by atoms with E-state index in [4.69, 9.17) is 9.84 Å². The molecule has 1 N–H and O–H groups in total. The van der Waals surface area contributed by atoms with E-state index in [1.165, 1.54) is 11.3 Å². The molecule has 0 atom stereocenters. The van der Waals surface area contributed by atoms with E-state index in [1.807, 2.05) is 5.38 Å². The quantitative estimate of drug-likeness (QED) is 0.815. The summed E-state index contributed by atoms with van der Waals surface area (Å²) in [5, 5.41) is 10.5. The van der Waals surface area contributed by atoms with Crippen molar-refractivity contribution in [3.8, 4) is 11.8 Å². The van der Waals surface area contributed by atoms with Gasteiger partial charge in [0.1, 0.15) is 6.61 Å². The van der Waals surface area contributed by atoms with Gasteiger partial charge in [-0.15, -0.1) is 11.3 Å². The van der Waals surface area contributed by atoms with Gasteiger partial charge in [-0.2, -0.15) is 0 Å². The van der Waals surface area contributed by atoms with Gasteiger partial charge in [0.25, 0.3) is 5.91 Å². The SMILES string of the molecule is COCCN(CC(C)C)C(=O)c1csc(C#CCO)c1. The lowest BCUT2D eigenvalue weighted by atomic mass is 10.2. The van der Waals surface area contributed by atoms with Gasteiger partial charge in [-0.3, -0.25) is 4.79 Å². The first-order valence-electron chi connectivity index (χ1n) is 6.55. The minimum atomic E-state index is -0.172. The van der Waals surface area contributed by atoms with E-state index >= 15 is 0 Å². The van der Waals surface area contributed by atoms with Gasteiger partial charge in [0.15, 0.2) is 0 Å². The molecule has 5 heteroatoms. The van der Waals surface area contributed by atoms with Crippen LogP contribution in [0.25, 0.3) is 0 Å². The highest BCUT2D eigenvalue weighted by molar-refractivity contribution is 7.10. The van der Waals surface area contributed by atoms with Gasteiger partial charge >= 0.3 is 0 Å². The molecule has 0 aliphatic rings. The van der Waals surface area contributed by atoms with E-state index in [1.54, 1.807) is 18.1 Å². The second-order valence-corrected chi connectivity index (χ2v) is 5.71. The molecular formula is C15H21NO3S. The maximum Gasteiger partial charge on any atom is 0.254 e. The fraction of sp³-hybridized carbons (Fsp3) is 0.533. The van der Waals surface area contributed by atoms with Crippen molar-refractivity contribution < 1.29 is 14.6 Å². The largest absolute Gasteiger partial charge is 0.384 e. The average molecular weight is 295 g/mol. The standard InChI is InChI=1S/C15H21NO3S/c1-12(2)10-16(6-8-19-3)15(18)13-9-14(20-11-13)5-4-7-17/h9,11-12,17H,6-8,10H2,1-3H3. The first-order chi connectivity index (χ1) is 9.58. The number of methoxy groups -OCH3 is 1. The van der Waals surface area contributed by atoms with Crippen LogP contribution in [0.5, 0.6) is 0 Å². The zero-order chi connectivity index (χ0) is 15.0. The number of amides is 1. The van der Waals surface area contributed by atoms with E-state index in [-0.39, 0.29) is 12.5 Å². The van der Waals surface area contributed by atoms with Crippen LogP contribution in [0.15, 0.2) is 11.4 Å². The molecule has 1 aromatic heterocycles.